The maximum Gasteiger partial charge on any atom is 0.0219 e. The molecular formula is C12H25NS. The van der Waals surface area contributed by atoms with Gasteiger partial charge in [-0.3, -0.25) is 0 Å². The van der Waals surface area contributed by atoms with Crippen LogP contribution in [-0.4, -0.2) is 29.8 Å². The Labute approximate surface area is 95.0 Å². The van der Waals surface area contributed by atoms with Crippen molar-refractivity contribution >= 4 is 12.6 Å². The fourth-order valence-electron chi connectivity index (χ4n) is 1.32. The maximum absolute atomic E-state index is 4.46. The Balaban J connectivity index is 3.58. The van der Waals surface area contributed by atoms with Gasteiger partial charge in [0.1, 0.15) is 0 Å². The van der Waals surface area contributed by atoms with Gasteiger partial charge in [-0.05, 0) is 46.2 Å². The molecule has 2 unspecified atom stereocenters. The lowest BCUT2D eigenvalue weighted by Crippen LogP contribution is -2.27. The van der Waals surface area contributed by atoms with Gasteiger partial charge in [0.25, 0.3) is 0 Å². The van der Waals surface area contributed by atoms with E-state index in [4.69, 9.17) is 0 Å². The third kappa shape index (κ3) is 5.71. The van der Waals surface area contributed by atoms with E-state index < -0.39 is 0 Å². The maximum atomic E-state index is 4.46. The van der Waals surface area contributed by atoms with Gasteiger partial charge in [-0.2, -0.15) is 12.6 Å². The average Bonchev–Trinajstić information content (AvgIpc) is 2.15. The molecule has 0 radical (unpaired) electrons. The Kier molecular flexibility index (Phi) is 7.38. The van der Waals surface area contributed by atoms with Crippen LogP contribution in [-0.2, 0) is 0 Å². The first kappa shape index (κ1) is 14.1. The van der Waals surface area contributed by atoms with E-state index >= 15 is 0 Å². The summed E-state index contributed by atoms with van der Waals surface area (Å²) in [6.45, 7) is 11.7. The molecule has 0 aliphatic rings. The molecule has 0 aromatic carbocycles. The molecule has 2 atom stereocenters. The molecule has 0 aromatic rings. The smallest absolute Gasteiger partial charge is 0.0219 e. The summed E-state index contributed by atoms with van der Waals surface area (Å²) in [5, 5.41) is 0.347. The van der Waals surface area contributed by atoms with Crippen LogP contribution in [0, 0.1) is 5.92 Å². The summed E-state index contributed by atoms with van der Waals surface area (Å²) in [5.41, 5.74) is 0. The van der Waals surface area contributed by atoms with E-state index in [2.05, 4.69) is 51.9 Å². The van der Waals surface area contributed by atoms with Crippen molar-refractivity contribution in [3.8, 4) is 0 Å². The molecule has 0 rings (SSSR count). The van der Waals surface area contributed by atoms with Crippen molar-refractivity contribution in [1.29, 1.82) is 0 Å². The summed E-state index contributed by atoms with van der Waals surface area (Å²) < 4.78 is 0. The highest BCUT2D eigenvalue weighted by atomic mass is 32.1. The highest BCUT2D eigenvalue weighted by molar-refractivity contribution is 7.81. The zero-order valence-corrected chi connectivity index (χ0v) is 10.9. The minimum Gasteiger partial charge on any atom is -0.304 e. The first-order valence-corrected chi connectivity index (χ1v) is 6.01. The number of nitrogens with zero attached hydrogens (tertiary/aromatic N) is 1. The van der Waals surface area contributed by atoms with Crippen LogP contribution in [0.1, 0.15) is 33.6 Å². The minimum absolute atomic E-state index is 0.347. The fourth-order valence-corrected chi connectivity index (χ4v) is 1.47. The van der Waals surface area contributed by atoms with Crippen molar-refractivity contribution in [1.82, 2.24) is 4.90 Å². The van der Waals surface area contributed by atoms with E-state index in [1.54, 1.807) is 0 Å². The van der Waals surface area contributed by atoms with Gasteiger partial charge in [0.2, 0.25) is 0 Å². The first-order valence-electron chi connectivity index (χ1n) is 5.50. The zero-order chi connectivity index (χ0) is 11.1. The Hall–Kier alpha value is 0.0500. The van der Waals surface area contributed by atoms with Gasteiger partial charge in [0.05, 0.1) is 0 Å². The molecule has 0 saturated heterocycles. The molecule has 84 valence electrons. The molecule has 0 saturated carbocycles. The number of rotatable bonds is 7. The van der Waals surface area contributed by atoms with Crippen molar-refractivity contribution in [3.05, 3.63) is 12.7 Å². The molecule has 0 heterocycles. The molecule has 0 aliphatic carbocycles. The molecule has 1 nitrogen and oxygen atoms in total. The molecule has 2 heteroatoms. The molecule has 0 N–H and O–H groups in total. The van der Waals surface area contributed by atoms with Crippen LogP contribution in [0.4, 0.5) is 0 Å². The molecular weight excluding hydrogens is 190 g/mol. The molecule has 0 aliphatic heterocycles. The third-order valence-electron chi connectivity index (χ3n) is 2.88. The fraction of sp³-hybridized carbons (Fsp3) is 0.833. The van der Waals surface area contributed by atoms with E-state index in [1.165, 1.54) is 19.4 Å². The van der Waals surface area contributed by atoms with Gasteiger partial charge >= 0.3 is 0 Å². The SMILES string of the molecule is C=CC(S)C(C)CCCN(C)C(C)C. The summed E-state index contributed by atoms with van der Waals surface area (Å²) in [7, 11) is 2.18. The van der Waals surface area contributed by atoms with Crippen LogP contribution < -0.4 is 0 Å². The largest absolute Gasteiger partial charge is 0.304 e. The molecule has 0 spiro atoms. The van der Waals surface area contributed by atoms with Crippen molar-refractivity contribution in [2.24, 2.45) is 5.92 Å². The van der Waals surface area contributed by atoms with Crippen molar-refractivity contribution < 1.29 is 0 Å². The summed E-state index contributed by atoms with van der Waals surface area (Å²) in [5.74, 6) is 0.636. The zero-order valence-electron chi connectivity index (χ0n) is 10.0. The van der Waals surface area contributed by atoms with Crippen molar-refractivity contribution in [2.75, 3.05) is 13.6 Å². The van der Waals surface area contributed by atoms with Crippen LogP contribution in [0.5, 0.6) is 0 Å². The summed E-state index contributed by atoms with van der Waals surface area (Å²) >= 11 is 4.46. The quantitative estimate of drug-likeness (QED) is 0.504. The average molecular weight is 215 g/mol. The molecule has 14 heavy (non-hydrogen) atoms. The number of hydrogen-bond donors (Lipinski definition) is 1. The van der Waals surface area contributed by atoms with E-state index in [0.29, 0.717) is 17.2 Å². The van der Waals surface area contributed by atoms with E-state index in [0.717, 1.165) is 0 Å². The van der Waals surface area contributed by atoms with E-state index in [-0.39, 0.29) is 0 Å². The Bertz CT molecular complexity index is 156. The first-order chi connectivity index (χ1) is 6.49. The summed E-state index contributed by atoms with van der Waals surface area (Å²) in [6.07, 6.45) is 4.41. The Morgan fingerprint density at radius 3 is 2.36 bits per heavy atom. The lowest BCUT2D eigenvalue weighted by molar-refractivity contribution is 0.262. The second kappa shape index (κ2) is 7.36. The van der Waals surface area contributed by atoms with Crippen LogP contribution >= 0.6 is 12.6 Å². The van der Waals surface area contributed by atoms with Gasteiger partial charge < -0.3 is 4.90 Å². The molecule has 0 aromatic heterocycles. The number of thiol groups is 1. The highest BCUT2D eigenvalue weighted by Crippen LogP contribution is 2.16. The third-order valence-corrected chi connectivity index (χ3v) is 3.60. The molecule has 0 fully saturated rings. The second-order valence-corrected chi connectivity index (χ2v) is 5.02. The van der Waals surface area contributed by atoms with E-state index in [9.17, 15) is 0 Å². The summed E-state index contributed by atoms with van der Waals surface area (Å²) in [6, 6.07) is 0.650. The lowest BCUT2D eigenvalue weighted by Gasteiger charge is -2.22. The molecule has 0 bridgehead atoms. The van der Waals surface area contributed by atoms with Crippen molar-refractivity contribution in [3.63, 3.8) is 0 Å². The second-order valence-electron chi connectivity index (χ2n) is 4.42. The topological polar surface area (TPSA) is 3.24 Å². The number of hydrogen-bond acceptors (Lipinski definition) is 2. The minimum atomic E-state index is 0.347. The lowest BCUT2D eigenvalue weighted by atomic mass is 10.0. The Morgan fingerprint density at radius 2 is 1.93 bits per heavy atom. The standard InChI is InChI=1S/C12H25NS/c1-6-12(14)11(4)8-7-9-13(5)10(2)3/h6,10-12,14H,1,7-9H2,2-5H3. The van der Waals surface area contributed by atoms with Gasteiger partial charge in [-0.1, -0.05) is 13.0 Å². The van der Waals surface area contributed by atoms with Crippen molar-refractivity contribution in [2.45, 2.75) is 44.9 Å². The predicted octanol–water partition coefficient (Wildman–Crippen LogP) is 3.23. The monoisotopic (exact) mass is 215 g/mol. The van der Waals surface area contributed by atoms with Gasteiger partial charge in [0.15, 0.2) is 0 Å². The molecule has 0 amide bonds. The van der Waals surface area contributed by atoms with Crippen LogP contribution in [0.3, 0.4) is 0 Å². The highest BCUT2D eigenvalue weighted by Gasteiger charge is 2.10. The normalized spacial score (nSPS) is 15.9. The van der Waals surface area contributed by atoms with Gasteiger partial charge in [-0.25, -0.2) is 0 Å². The summed E-state index contributed by atoms with van der Waals surface area (Å²) in [4.78, 5) is 2.38. The van der Waals surface area contributed by atoms with Gasteiger partial charge in [-0.15, -0.1) is 6.58 Å². The van der Waals surface area contributed by atoms with Gasteiger partial charge in [0, 0.05) is 11.3 Å². The van der Waals surface area contributed by atoms with Crippen LogP contribution in [0.25, 0.3) is 0 Å². The predicted molar refractivity (Wildman–Crippen MR) is 69.1 cm³/mol. The van der Waals surface area contributed by atoms with E-state index in [1.807, 2.05) is 6.08 Å². The van der Waals surface area contributed by atoms with Crippen LogP contribution in [0.2, 0.25) is 0 Å². The Morgan fingerprint density at radius 1 is 1.36 bits per heavy atom. The van der Waals surface area contributed by atoms with Crippen LogP contribution in [0.15, 0.2) is 12.7 Å².